The van der Waals surface area contributed by atoms with Crippen molar-refractivity contribution in [3.05, 3.63) is 0 Å². The zero-order valence-electron chi connectivity index (χ0n) is 7.68. The third-order valence-electron chi connectivity index (χ3n) is 2.95. The van der Waals surface area contributed by atoms with E-state index >= 15 is 0 Å². The first-order valence-electron chi connectivity index (χ1n) is 4.75. The van der Waals surface area contributed by atoms with Gasteiger partial charge in [0, 0.05) is 11.3 Å². The van der Waals surface area contributed by atoms with Gasteiger partial charge in [-0.05, 0) is 38.0 Å². The van der Waals surface area contributed by atoms with Crippen molar-refractivity contribution in [1.29, 1.82) is 0 Å². The van der Waals surface area contributed by atoms with Gasteiger partial charge < -0.3 is 4.79 Å². The molecule has 0 radical (unpaired) electrons. The van der Waals surface area contributed by atoms with Gasteiger partial charge in [-0.2, -0.15) is 0 Å². The van der Waals surface area contributed by atoms with Gasteiger partial charge in [0.1, 0.15) is 6.29 Å². The van der Waals surface area contributed by atoms with Gasteiger partial charge in [0.05, 0.1) is 0 Å². The van der Waals surface area contributed by atoms with Crippen molar-refractivity contribution in [2.75, 3.05) is 5.88 Å². The Labute approximate surface area is 79.5 Å². The van der Waals surface area contributed by atoms with Gasteiger partial charge in [-0.1, -0.05) is 6.92 Å². The molecule has 0 aliphatic heterocycles. The Morgan fingerprint density at radius 1 is 1.67 bits per heavy atom. The van der Waals surface area contributed by atoms with E-state index in [1.54, 1.807) is 0 Å². The molecule has 0 heterocycles. The van der Waals surface area contributed by atoms with Crippen LogP contribution in [0.5, 0.6) is 0 Å². The molecule has 1 aliphatic carbocycles. The number of carbonyl (C=O) groups is 1. The lowest BCUT2D eigenvalue weighted by Gasteiger charge is -2.21. The van der Waals surface area contributed by atoms with Crippen LogP contribution in [0.2, 0.25) is 0 Å². The molecular formula is C10H17ClO. The minimum atomic E-state index is -0.00565. The van der Waals surface area contributed by atoms with Crippen LogP contribution in [0.1, 0.15) is 39.0 Å². The van der Waals surface area contributed by atoms with E-state index in [-0.39, 0.29) is 5.41 Å². The topological polar surface area (TPSA) is 17.1 Å². The normalized spacial score (nSPS) is 35.3. The maximum atomic E-state index is 10.9. The van der Waals surface area contributed by atoms with E-state index in [0.717, 1.165) is 31.6 Å². The Hall–Kier alpha value is -0.0400. The monoisotopic (exact) mass is 188 g/mol. The second-order valence-corrected chi connectivity index (χ2v) is 4.50. The van der Waals surface area contributed by atoms with Crippen molar-refractivity contribution in [1.82, 2.24) is 0 Å². The largest absolute Gasteiger partial charge is 0.303 e. The molecule has 0 spiro atoms. The first-order valence-corrected chi connectivity index (χ1v) is 5.28. The van der Waals surface area contributed by atoms with Crippen LogP contribution in [-0.4, -0.2) is 12.2 Å². The lowest BCUT2D eigenvalue weighted by Crippen LogP contribution is -2.18. The molecule has 1 nitrogen and oxygen atoms in total. The molecule has 2 atom stereocenters. The fraction of sp³-hybridized carbons (Fsp3) is 0.900. The quantitative estimate of drug-likeness (QED) is 0.490. The Balaban J connectivity index is 2.46. The van der Waals surface area contributed by atoms with Crippen molar-refractivity contribution in [2.45, 2.75) is 39.0 Å². The van der Waals surface area contributed by atoms with Gasteiger partial charge in [0.25, 0.3) is 0 Å². The van der Waals surface area contributed by atoms with Crippen LogP contribution in [0.15, 0.2) is 0 Å². The molecule has 70 valence electrons. The fourth-order valence-corrected chi connectivity index (χ4v) is 2.38. The number of alkyl halides is 1. The summed E-state index contributed by atoms with van der Waals surface area (Å²) in [5.41, 5.74) is -0.00565. The number of hydrogen-bond acceptors (Lipinski definition) is 1. The van der Waals surface area contributed by atoms with Gasteiger partial charge >= 0.3 is 0 Å². The molecule has 2 unspecified atom stereocenters. The van der Waals surface area contributed by atoms with Crippen LogP contribution in [0.3, 0.4) is 0 Å². The van der Waals surface area contributed by atoms with Crippen molar-refractivity contribution in [3.8, 4) is 0 Å². The summed E-state index contributed by atoms with van der Waals surface area (Å²) in [4.78, 5) is 10.9. The Morgan fingerprint density at radius 2 is 2.42 bits per heavy atom. The molecule has 0 aromatic heterocycles. The minimum absolute atomic E-state index is 0.00565. The molecule has 1 saturated carbocycles. The highest BCUT2D eigenvalue weighted by atomic mass is 35.5. The molecule has 2 heteroatoms. The van der Waals surface area contributed by atoms with Crippen LogP contribution in [-0.2, 0) is 4.79 Å². The number of aldehydes is 1. The highest BCUT2D eigenvalue weighted by Gasteiger charge is 2.36. The van der Waals surface area contributed by atoms with Crippen LogP contribution in [0, 0.1) is 11.3 Å². The van der Waals surface area contributed by atoms with Gasteiger partial charge in [0.2, 0.25) is 0 Å². The summed E-state index contributed by atoms with van der Waals surface area (Å²) < 4.78 is 0. The molecule has 1 rings (SSSR count). The van der Waals surface area contributed by atoms with Crippen LogP contribution >= 0.6 is 11.6 Å². The summed E-state index contributed by atoms with van der Waals surface area (Å²) in [6.45, 7) is 2.23. The summed E-state index contributed by atoms with van der Waals surface area (Å²) in [5, 5.41) is 0. The molecule has 0 aromatic rings. The number of hydrogen-bond donors (Lipinski definition) is 0. The van der Waals surface area contributed by atoms with Crippen molar-refractivity contribution in [3.63, 3.8) is 0 Å². The number of carbonyl (C=O) groups excluding carboxylic acids is 1. The van der Waals surface area contributed by atoms with E-state index in [1.165, 1.54) is 12.7 Å². The molecule has 0 aromatic carbocycles. The molecule has 0 N–H and O–H groups in total. The SMILES string of the molecule is CC1CCC(C=O)(CCCCl)C1. The molecule has 12 heavy (non-hydrogen) atoms. The second kappa shape index (κ2) is 4.27. The van der Waals surface area contributed by atoms with E-state index < -0.39 is 0 Å². The van der Waals surface area contributed by atoms with Crippen LogP contribution in [0.4, 0.5) is 0 Å². The highest BCUT2D eigenvalue weighted by molar-refractivity contribution is 6.17. The molecule has 0 bridgehead atoms. The van der Waals surface area contributed by atoms with E-state index in [2.05, 4.69) is 6.92 Å². The Morgan fingerprint density at radius 3 is 2.83 bits per heavy atom. The van der Waals surface area contributed by atoms with Crippen LogP contribution < -0.4 is 0 Å². The first-order chi connectivity index (χ1) is 5.72. The van der Waals surface area contributed by atoms with E-state index in [0.29, 0.717) is 5.88 Å². The maximum Gasteiger partial charge on any atom is 0.126 e. The molecular weight excluding hydrogens is 172 g/mol. The van der Waals surface area contributed by atoms with Crippen molar-refractivity contribution < 1.29 is 4.79 Å². The predicted octanol–water partition coefficient (Wildman–Crippen LogP) is 3.01. The average Bonchev–Trinajstić information content (AvgIpc) is 2.45. The predicted molar refractivity (Wildman–Crippen MR) is 51.5 cm³/mol. The molecule has 0 saturated heterocycles. The van der Waals surface area contributed by atoms with E-state index in [1.807, 2.05) is 0 Å². The summed E-state index contributed by atoms with van der Waals surface area (Å²) in [6, 6.07) is 0. The third-order valence-corrected chi connectivity index (χ3v) is 3.22. The maximum absolute atomic E-state index is 10.9. The zero-order valence-corrected chi connectivity index (χ0v) is 8.44. The molecule has 0 amide bonds. The fourth-order valence-electron chi connectivity index (χ4n) is 2.24. The summed E-state index contributed by atoms with van der Waals surface area (Å²) in [7, 11) is 0. The molecule has 1 aliphatic rings. The lowest BCUT2D eigenvalue weighted by molar-refractivity contribution is -0.116. The number of halogens is 1. The Kier molecular flexibility index (Phi) is 3.57. The summed E-state index contributed by atoms with van der Waals surface area (Å²) in [5.74, 6) is 1.41. The van der Waals surface area contributed by atoms with E-state index in [9.17, 15) is 4.79 Å². The second-order valence-electron chi connectivity index (χ2n) is 4.12. The molecule has 1 fully saturated rings. The van der Waals surface area contributed by atoms with Gasteiger partial charge in [0.15, 0.2) is 0 Å². The Bertz CT molecular complexity index is 158. The lowest BCUT2D eigenvalue weighted by atomic mass is 9.83. The smallest absolute Gasteiger partial charge is 0.126 e. The van der Waals surface area contributed by atoms with Crippen LogP contribution in [0.25, 0.3) is 0 Å². The first kappa shape index (κ1) is 10.0. The highest BCUT2D eigenvalue weighted by Crippen LogP contribution is 2.43. The van der Waals surface area contributed by atoms with Crippen molar-refractivity contribution >= 4 is 17.9 Å². The summed E-state index contributed by atoms with van der Waals surface area (Å²) in [6.07, 6.45) is 6.50. The minimum Gasteiger partial charge on any atom is -0.303 e. The van der Waals surface area contributed by atoms with Gasteiger partial charge in [-0.15, -0.1) is 11.6 Å². The average molecular weight is 189 g/mol. The standard InChI is InChI=1S/C10H17ClO/c1-9-3-5-10(7-9,8-12)4-2-6-11/h8-9H,2-7H2,1H3. The van der Waals surface area contributed by atoms with Gasteiger partial charge in [-0.3, -0.25) is 0 Å². The van der Waals surface area contributed by atoms with Crippen molar-refractivity contribution in [2.24, 2.45) is 11.3 Å². The summed E-state index contributed by atoms with van der Waals surface area (Å²) >= 11 is 5.62. The van der Waals surface area contributed by atoms with Gasteiger partial charge in [-0.25, -0.2) is 0 Å². The third kappa shape index (κ3) is 2.22. The number of rotatable bonds is 4. The zero-order chi connectivity index (χ0) is 9.03. The van der Waals surface area contributed by atoms with E-state index in [4.69, 9.17) is 11.6 Å².